The molecule has 0 bridgehead atoms. The van der Waals surface area contributed by atoms with Gasteiger partial charge in [0.2, 0.25) is 11.8 Å². The average molecular weight is 382 g/mol. The summed E-state index contributed by atoms with van der Waals surface area (Å²) in [6.07, 6.45) is 1.02. The Labute approximate surface area is 163 Å². The maximum atomic E-state index is 13.4. The fourth-order valence-corrected chi connectivity index (χ4v) is 4.71. The van der Waals surface area contributed by atoms with Gasteiger partial charge in [0, 0.05) is 11.4 Å². The number of fused-ring (bicyclic) bond motifs is 2. The summed E-state index contributed by atoms with van der Waals surface area (Å²) < 4.78 is 0. The molecule has 4 rings (SSSR count). The van der Waals surface area contributed by atoms with E-state index in [1.165, 1.54) is 4.90 Å². The zero-order valence-corrected chi connectivity index (χ0v) is 16.4. The van der Waals surface area contributed by atoms with Gasteiger partial charge in [0.25, 0.3) is 0 Å². The van der Waals surface area contributed by atoms with Crippen LogP contribution < -0.4 is 15.1 Å². The lowest BCUT2D eigenvalue weighted by Gasteiger charge is -2.43. The first kappa shape index (κ1) is 17.9. The molecular weight excluding hydrogens is 358 g/mol. The largest absolute Gasteiger partial charge is 0.361 e. The second kappa shape index (κ2) is 6.93. The Kier molecular flexibility index (Phi) is 4.60. The number of anilines is 3. The number of hydrogen-bond acceptors (Lipinski definition) is 4. The Hall–Kier alpha value is -2.47. The first-order chi connectivity index (χ1) is 13.0. The van der Waals surface area contributed by atoms with Gasteiger partial charge in [-0.25, -0.2) is 0 Å². The molecule has 27 heavy (non-hydrogen) atoms. The fourth-order valence-electron chi connectivity index (χ4n) is 3.70. The van der Waals surface area contributed by atoms with Gasteiger partial charge >= 0.3 is 0 Å². The zero-order chi connectivity index (χ0) is 19.0. The van der Waals surface area contributed by atoms with E-state index in [-0.39, 0.29) is 18.4 Å². The van der Waals surface area contributed by atoms with Crippen LogP contribution in [0, 0.1) is 0 Å². The molecule has 0 aliphatic carbocycles. The minimum Gasteiger partial charge on any atom is -0.361 e. The molecule has 2 amide bonds. The van der Waals surface area contributed by atoms with Crippen molar-refractivity contribution in [2.24, 2.45) is 0 Å². The first-order valence-electron chi connectivity index (χ1n) is 9.19. The fraction of sp³-hybridized carbons (Fsp3) is 0.333. The monoisotopic (exact) mass is 381 g/mol. The molecule has 0 atom stereocenters. The van der Waals surface area contributed by atoms with E-state index in [1.807, 2.05) is 48.2 Å². The van der Waals surface area contributed by atoms with Crippen LogP contribution in [0.3, 0.4) is 0 Å². The molecule has 2 aromatic carbocycles. The van der Waals surface area contributed by atoms with E-state index in [1.54, 1.807) is 18.7 Å². The topological polar surface area (TPSA) is 52.7 Å². The Bertz CT molecular complexity index is 897. The smallest absolute Gasteiger partial charge is 0.250 e. The molecule has 140 valence electrons. The molecule has 2 heterocycles. The van der Waals surface area contributed by atoms with Crippen LogP contribution in [0.5, 0.6) is 0 Å². The normalized spacial score (nSPS) is 18.2. The predicted molar refractivity (Wildman–Crippen MR) is 111 cm³/mol. The molecule has 0 saturated heterocycles. The van der Waals surface area contributed by atoms with Gasteiger partial charge in [0.15, 0.2) is 0 Å². The third-order valence-electron chi connectivity index (χ3n) is 5.12. The van der Waals surface area contributed by atoms with Crippen LogP contribution in [0.1, 0.15) is 20.3 Å². The number of amides is 2. The van der Waals surface area contributed by atoms with Crippen molar-refractivity contribution in [1.29, 1.82) is 0 Å². The van der Waals surface area contributed by atoms with Crippen molar-refractivity contribution in [3.05, 3.63) is 48.5 Å². The number of thioether (sulfide) groups is 1. The maximum Gasteiger partial charge on any atom is 0.250 e. The van der Waals surface area contributed by atoms with Crippen molar-refractivity contribution in [3.63, 3.8) is 0 Å². The van der Waals surface area contributed by atoms with Gasteiger partial charge < -0.3 is 10.2 Å². The highest BCUT2D eigenvalue weighted by atomic mass is 32.2. The van der Waals surface area contributed by atoms with Crippen LogP contribution in [-0.4, -0.2) is 36.2 Å². The molecule has 0 radical (unpaired) electrons. The molecule has 2 aromatic rings. The van der Waals surface area contributed by atoms with Gasteiger partial charge in [-0.05, 0) is 50.3 Å². The van der Waals surface area contributed by atoms with Crippen molar-refractivity contribution in [3.8, 4) is 0 Å². The summed E-state index contributed by atoms with van der Waals surface area (Å²) in [5.74, 6) is 0.813. The van der Waals surface area contributed by atoms with Crippen molar-refractivity contribution in [2.75, 3.05) is 34.0 Å². The van der Waals surface area contributed by atoms with Gasteiger partial charge in [-0.1, -0.05) is 24.3 Å². The second-order valence-corrected chi connectivity index (χ2v) is 8.49. The summed E-state index contributed by atoms with van der Waals surface area (Å²) in [5.41, 5.74) is 1.60. The third-order valence-corrected chi connectivity index (χ3v) is 6.27. The molecule has 6 heteroatoms. The number of nitrogens with zero attached hydrogens (tertiary/aromatic N) is 2. The van der Waals surface area contributed by atoms with Crippen molar-refractivity contribution < 1.29 is 9.59 Å². The van der Waals surface area contributed by atoms with E-state index in [4.69, 9.17) is 0 Å². The summed E-state index contributed by atoms with van der Waals surface area (Å²) in [7, 11) is 0. The Morgan fingerprint density at radius 3 is 2.63 bits per heavy atom. The summed E-state index contributed by atoms with van der Waals surface area (Å²) in [6.45, 7) is 4.67. The quantitative estimate of drug-likeness (QED) is 0.861. The molecule has 0 saturated carbocycles. The maximum absolute atomic E-state index is 13.4. The van der Waals surface area contributed by atoms with Gasteiger partial charge in [-0.2, -0.15) is 0 Å². The van der Waals surface area contributed by atoms with Gasteiger partial charge in [0.05, 0.1) is 23.6 Å². The highest BCUT2D eigenvalue weighted by Gasteiger charge is 2.43. The van der Waals surface area contributed by atoms with E-state index >= 15 is 0 Å². The van der Waals surface area contributed by atoms with Crippen LogP contribution in [0.4, 0.5) is 17.1 Å². The summed E-state index contributed by atoms with van der Waals surface area (Å²) in [4.78, 5) is 31.0. The Morgan fingerprint density at radius 2 is 1.81 bits per heavy atom. The number of rotatable bonds is 2. The van der Waals surface area contributed by atoms with Crippen LogP contribution in [0.25, 0.3) is 0 Å². The standard InChI is InChI=1S/C21H23N3O2S/c1-21(2)20(26)22-15-8-3-4-9-16(15)24(21)19(25)14-23-12-7-13-27-18-11-6-5-10-17(18)23/h3-6,8-11H,7,12-14H2,1-2H3,(H,22,26). The molecule has 2 aliphatic heterocycles. The average Bonchev–Trinajstić information content (AvgIpc) is 2.85. The first-order valence-corrected chi connectivity index (χ1v) is 10.2. The highest BCUT2D eigenvalue weighted by Crippen LogP contribution is 2.38. The molecule has 0 aromatic heterocycles. The lowest BCUT2D eigenvalue weighted by atomic mass is 9.96. The third kappa shape index (κ3) is 3.18. The number of nitrogens with one attached hydrogen (secondary N) is 1. The van der Waals surface area contributed by atoms with E-state index in [2.05, 4.69) is 22.3 Å². The van der Waals surface area contributed by atoms with Crippen molar-refractivity contribution in [1.82, 2.24) is 0 Å². The van der Waals surface area contributed by atoms with Gasteiger partial charge in [-0.15, -0.1) is 11.8 Å². The molecule has 5 nitrogen and oxygen atoms in total. The van der Waals surface area contributed by atoms with E-state index in [9.17, 15) is 9.59 Å². The summed E-state index contributed by atoms with van der Waals surface area (Å²) in [5, 5.41) is 2.91. The Morgan fingerprint density at radius 1 is 1.11 bits per heavy atom. The predicted octanol–water partition coefficient (Wildman–Crippen LogP) is 3.75. The molecule has 0 spiro atoms. The number of carbonyl (C=O) groups excluding carboxylic acids is 2. The van der Waals surface area contributed by atoms with E-state index in [0.29, 0.717) is 5.69 Å². The zero-order valence-electron chi connectivity index (χ0n) is 15.6. The number of carbonyl (C=O) groups is 2. The number of benzene rings is 2. The second-order valence-electron chi connectivity index (χ2n) is 7.35. The van der Waals surface area contributed by atoms with Crippen LogP contribution in [0.2, 0.25) is 0 Å². The van der Waals surface area contributed by atoms with Crippen molar-refractivity contribution in [2.45, 2.75) is 30.7 Å². The number of para-hydroxylation sites is 3. The van der Waals surface area contributed by atoms with Crippen molar-refractivity contribution >= 4 is 40.6 Å². The SMILES string of the molecule is CC1(C)C(=O)Nc2ccccc2N1C(=O)CN1CCCSc2ccccc21. The highest BCUT2D eigenvalue weighted by molar-refractivity contribution is 7.99. The van der Waals surface area contributed by atoms with Crippen LogP contribution in [0.15, 0.2) is 53.4 Å². The summed E-state index contributed by atoms with van der Waals surface area (Å²) in [6, 6.07) is 15.7. The van der Waals surface area contributed by atoms with Gasteiger partial charge in [-0.3, -0.25) is 14.5 Å². The minimum atomic E-state index is -0.939. The van der Waals surface area contributed by atoms with Crippen LogP contribution >= 0.6 is 11.8 Å². The molecule has 0 unspecified atom stereocenters. The molecule has 1 N–H and O–H groups in total. The summed E-state index contributed by atoms with van der Waals surface area (Å²) >= 11 is 1.83. The van der Waals surface area contributed by atoms with E-state index in [0.717, 1.165) is 30.1 Å². The molecular formula is C21H23N3O2S. The Balaban J connectivity index is 1.67. The molecule has 2 aliphatic rings. The van der Waals surface area contributed by atoms with E-state index < -0.39 is 5.54 Å². The lowest BCUT2D eigenvalue weighted by Crippen LogP contribution is -2.60. The van der Waals surface area contributed by atoms with Gasteiger partial charge in [0.1, 0.15) is 5.54 Å². The van der Waals surface area contributed by atoms with Crippen LogP contribution in [-0.2, 0) is 9.59 Å². The minimum absolute atomic E-state index is 0.0657. The number of hydrogen-bond donors (Lipinski definition) is 1. The lowest BCUT2D eigenvalue weighted by molar-refractivity contribution is -0.125. The molecule has 0 fully saturated rings.